The Bertz CT molecular complexity index is 878. The zero-order chi connectivity index (χ0) is 23.3. The molecular weight excluding hydrogens is 469 g/mol. The molecule has 1 aromatic rings. The molecule has 0 radical (unpaired) electrons. The average Bonchev–Trinajstić information content (AvgIpc) is 2.73. The van der Waals surface area contributed by atoms with Crippen LogP contribution in [0.25, 0.3) is 0 Å². The predicted octanol–water partition coefficient (Wildman–Crippen LogP) is 4.02. The first-order valence-corrected chi connectivity index (χ1v) is 13.9. The molecule has 0 spiro atoms. The van der Waals surface area contributed by atoms with Crippen LogP contribution in [0.1, 0.15) is 45.1 Å². The van der Waals surface area contributed by atoms with Gasteiger partial charge in [-0.2, -0.15) is 0 Å². The number of likely N-dealkylation sites (tertiary alicyclic amines) is 1. The lowest BCUT2D eigenvalue weighted by Crippen LogP contribution is -2.44. The van der Waals surface area contributed by atoms with Crippen molar-refractivity contribution in [3.8, 4) is 0 Å². The number of halogens is 2. The van der Waals surface area contributed by atoms with E-state index in [1.165, 1.54) is 10.7 Å². The van der Waals surface area contributed by atoms with E-state index in [-0.39, 0.29) is 17.6 Å². The van der Waals surface area contributed by atoms with Crippen LogP contribution in [0.15, 0.2) is 18.2 Å². The van der Waals surface area contributed by atoms with Crippen molar-refractivity contribution < 1.29 is 13.2 Å². The molecule has 2 fully saturated rings. The minimum atomic E-state index is -3.46. The summed E-state index contributed by atoms with van der Waals surface area (Å²) in [5.74, 6) is 1.29. The number of rotatable bonds is 8. The second-order valence-corrected chi connectivity index (χ2v) is 12.3. The fourth-order valence-corrected chi connectivity index (χ4v) is 6.83. The quantitative estimate of drug-likeness (QED) is 0.543. The number of hydrogen-bond donors (Lipinski definition) is 1. The fraction of sp³-hybridized carbons (Fsp3) is 0.696. The van der Waals surface area contributed by atoms with Gasteiger partial charge in [0.15, 0.2) is 0 Å². The monoisotopic (exact) mass is 503 g/mol. The molecule has 2 aliphatic heterocycles. The molecule has 0 aromatic heterocycles. The van der Waals surface area contributed by atoms with Gasteiger partial charge in [-0.15, -0.1) is 0 Å². The van der Waals surface area contributed by atoms with Crippen molar-refractivity contribution in [2.75, 3.05) is 39.3 Å². The molecule has 3 rings (SSSR count). The third-order valence-corrected chi connectivity index (χ3v) is 9.04. The van der Waals surface area contributed by atoms with Gasteiger partial charge in [-0.3, -0.25) is 4.79 Å². The summed E-state index contributed by atoms with van der Waals surface area (Å²) in [6.45, 7) is 9.33. The van der Waals surface area contributed by atoms with Crippen LogP contribution in [-0.4, -0.2) is 62.8 Å². The van der Waals surface area contributed by atoms with E-state index < -0.39 is 10.0 Å². The summed E-state index contributed by atoms with van der Waals surface area (Å²) in [6.07, 6.45) is 3.35. The second kappa shape index (κ2) is 11.5. The highest BCUT2D eigenvalue weighted by Gasteiger charge is 2.31. The Kier molecular flexibility index (Phi) is 9.27. The number of amides is 1. The third kappa shape index (κ3) is 7.32. The Balaban J connectivity index is 1.38. The number of sulfonamides is 1. The number of benzene rings is 1. The minimum absolute atomic E-state index is 0.0481. The lowest BCUT2D eigenvalue weighted by atomic mass is 9.92. The first-order chi connectivity index (χ1) is 15.1. The number of piperidine rings is 2. The Hall–Kier alpha value is -0.860. The highest BCUT2D eigenvalue weighted by molar-refractivity contribution is 7.88. The van der Waals surface area contributed by atoms with E-state index in [0.717, 1.165) is 37.9 Å². The maximum atomic E-state index is 12.8. The van der Waals surface area contributed by atoms with E-state index in [1.54, 1.807) is 18.2 Å². The van der Waals surface area contributed by atoms with Gasteiger partial charge in [-0.1, -0.05) is 43.1 Å². The molecule has 1 N–H and O–H groups in total. The normalized spacial score (nSPS) is 23.9. The Labute approximate surface area is 202 Å². The van der Waals surface area contributed by atoms with Gasteiger partial charge in [0, 0.05) is 38.6 Å². The van der Waals surface area contributed by atoms with E-state index in [2.05, 4.69) is 24.1 Å². The highest BCUT2D eigenvalue weighted by Crippen LogP contribution is 2.26. The summed E-state index contributed by atoms with van der Waals surface area (Å²) in [6, 6.07) is 4.88. The summed E-state index contributed by atoms with van der Waals surface area (Å²) < 4.78 is 27.0. The molecule has 32 heavy (non-hydrogen) atoms. The topological polar surface area (TPSA) is 69.7 Å². The van der Waals surface area contributed by atoms with Crippen molar-refractivity contribution in [3.63, 3.8) is 0 Å². The maximum absolute atomic E-state index is 12.8. The highest BCUT2D eigenvalue weighted by atomic mass is 35.5. The number of nitrogens with one attached hydrogen (secondary N) is 1. The zero-order valence-electron chi connectivity index (χ0n) is 19.0. The first kappa shape index (κ1) is 25.8. The average molecular weight is 505 g/mol. The molecule has 9 heteroatoms. The first-order valence-electron chi connectivity index (χ1n) is 11.6. The van der Waals surface area contributed by atoms with Gasteiger partial charge >= 0.3 is 0 Å². The molecule has 6 nitrogen and oxygen atoms in total. The molecular formula is C23H35Cl2N3O3S. The lowest BCUT2D eigenvalue weighted by molar-refractivity contribution is -0.126. The third-order valence-electron chi connectivity index (χ3n) is 6.45. The minimum Gasteiger partial charge on any atom is -0.356 e. The summed E-state index contributed by atoms with van der Waals surface area (Å²) in [5, 5.41) is 3.81. The molecule has 1 aromatic carbocycles. The van der Waals surface area contributed by atoms with Crippen LogP contribution in [-0.2, 0) is 20.6 Å². The molecule has 2 saturated heterocycles. The van der Waals surface area contributed by atoms with Gasteiger partial charge in [-0.05, 0) is 61.8 Å². The molecule has 0 saturated carbocycles. The SMILES string of the molecule is C[C@@H]1C[C@@H](C)CN(CCCNC(=O)C2CCN(S(=O)(=O)Cc3ccc(Cl)c(Cl)c3)CC2)C1. The van der Waals surface area contributed by atoms with Gasteiger partial charge in [0.25, 0.3) is 0 Å². The van der Waals surface area contributed by atoms with Gasteiger partial charge in [0.2, 0.25) is 15.9 Å². The molecule has 180 valence electrons. The van der Waals surface area contributed by atoms with Crippen LogP contribution >= 0.6 is 23.2 Å². The summed E-state index contributed by atoms with van der Waals surface area (Å²) in [7, 11) is -3.46. The largest absolute Gasteiger partial charge is 0.356 e. The second-order valence-electron chi connectivity index (χ2n) is 9.53. The molecule has 1 amide bonds. The van der Waals surface area contributed by atoms with Crippen LogP contribution in [0.3, 0.4) is 0 Å². The zero-order valence-corrected chi connectivity index (χ0v) is 21.4. The molecule has 2 heterocycles. The van der Waals surface area contributed by atoms with E-state index in [9.17, 15) is 13.2 Å². The van der Waals surface area contributed by atoms with Crippen molar-refractivity contribution in [2.24, 2.45) is 17.8 Å². The maximum Gasteiger partial charge on any atom is 0.223 e. The number of hydrogen-bond acceptors (Lipinski definition) is 4. The van der Waals surface area contributed by atoms with Crippen molar-refractivity contribution in [1.82, 2.24) is 14.5 Å². The molecule has 0 bridgehead atoms. The Morgan fingerprint density at radius 3 is 2.38 bits per heavy atom. The number of nitrogens with zero attached hydrogens (tertiary/aromatic N) is 2. The molecule has 0 aliphatic carbocycles. The van der Waals surface area contributed by atoms with E-state index in [1.807, 2.05) is 0 Å². The van der Waals surface area contributed by atoms with E-state index >= 15 is 0 Å². The van der Waals surface area contributed by atoms with Crippen molar-refractivity contribution in [1.29, 1.82) is 0 Å². The lowest BCUT2D eigenvalue weighted by Gasteiger charge is -2.35. The van der Waals surface area contributed by atoms with Crippen LogP contribution in [0.5, 0.6) is 0 Å². The van der Waals surface area contributed by atoms with Crippen LogP contribution in [0, 0.1) is 17.8 Å². The Morgan fingerprint density at radius 2 is 1.75 bits per heavy atom. The molecule has 0 unspecified atom stereocenters. The number of carbonyl (C=O) groups excluding carboxylic acids is 1. The molecule has 2 aliphatic rings. The van der Waals surface area contributed by atoms with Crippen LogP contribution in [0.2, 0.25) is 10.0 Å². The van der Waals surface area contributed by atoms with Gasteiger partial charge < -0.3 is 10.2 Å². The fourth-order valence-electron chi connectivity index (χ4n) is 4.96. The van der Waals surface area contributed by atoms with Crippen molar-refractivity contribution in [2.45, 2.75) is 45.3 Å². The van der Waals surface area contributed by atoms with Crippen molar-refractivity contribution >= 4 is 39.1 Å². The summed E-state index contributed by atoms with van der Waals surface area (Å²) in [5.41, 5.74) is 0.608. The standard InChI is InChI=1S/C23H35Cl2N3O3S/c1-17-12-18(2)15-27(14-17)9-3-8-26-23(29)20-6-10-28(11-7-20)32(30,31)16-19-4-5-21(24)22(25)13-19/h4-5,13,17-18,20H,3,6-12,14-16H2,1-2H3,(H,26,29)/t17-,18-/m1/s1. The van der Waals surface area contributed by atoms with Gasteiger partial charge in [-0.25, -0.2) is 12.7 Å². The summed E-state index contributed by atoms with van der Waals surface area (Å²) >= 11 is 11.9. The van der Waals surface area contributed by atoms with Crippen molar-refractivity contribution in [3.05, 3.63) is 33.8 Å². The summed E-state index contributed by atoms with van der Waals surface area (Å²) in [4.78, 5) is 15.1. The smallest absolute Gasteiger partial charge is 0.223 e. The van der Waals surface area contributed by atoms with E-state index in [4.69, 9.17) is 23.2 Å². The molecule has 2 atom stereocenters. The van der Waals surface area contributed by atoms with E-state index in [0.29, 0.717) is 48.1 Å². The van der Waals surface area contributed by atoms with Gasteiger partial charge in [0.1, 0.15) is 0 Å². The van der Waals surface area contributed by atoms with Gasteiger partial charge in [0.05, 0.1) is 15.8 Å². The van der Waals surface area contributed by atoms with Crippen LogP contribution in [0.4, 0.5) is 0 Å². The van der Waals surface area contributed by atoms with Crippen LogP contribution < -0.4 is 5.32 Å². The predicted molar refractivity (Wildman–Crippen MR) is 130 cm³/mol. The Morgan fingerprint density at radius 1 is 1.09 bits per heavy atom. The number of carbonyl (C=O) groups is 1.